The van der Waals surface area contributed by atoms with Gasteiger partial charge in [0, 0.05) is 11.4 Å². The average molecular weight is 277 g/mol. The van der Waals surface area contributed by atoms with Gasteiger partial charge >= 0.3 is 6.03 Å². The van der Waals surface area contributed by atoms with Gasteiger partial charge in [-0.2, -0.15) is 5.26 Å². The lowest BCUT2D eigenvalue weighted by atomic mass is 10.1. The Labute approximate surface area is 123 Å². The van der Waals surface area contributed by atoms with E-state index in [2.05, 4.69) is 16.7 Å². The molecule has 0 atom stereocenters. The smallest absolute Gasteiger partial charge is 0.308 e. The van der Waals surface area contributed by atoms with Crippen LogP contribution in [0.2, 0.25) is 0 Å². The van der Waals surface area contributed by atoms with Gasteiger partial charge in [0.1, 0.15) is 0 Å². The molecule has 2 aromatic rings. The molecule has 4 nitrogen and oxygen atoms in total. The maximum absolute atomic E-state index is 12.0. The van der Waals surface area contributed by atoms with Crippen LogP contribution in [-0.2, 0) is 0 Å². The molecule has 21 heavy (non-hydrogen) atoms. The predicted molar refractivity (Wildman–Crippen MR) is 82.2 cm³/mol. The Morgan fingerprint density at radius 1 is 1.05 bits per heavy atom. The number of rotatable bonds is 3. The van der Waals surface area contributed by atoms with E-state index in [-0.39, 0.29) is 6.03 Å². The maximum Gasteiger partial charge on any atom is 0.323 e. The van der Waals surface area contributed by atoms with E-state index in [1.807, 2.05) is 24.3 Å². The molecule has 104 valence electrons. The number of nitrogens with zero attached hydrogens (tertiary/aromatic N) is 1. The molecule has 1 fully saturated rings. The minimum atomic E-state index is -0.271. The van der Waals surface area contributed by atoms with Crippen LogP contribution in [0.25, 0.3) is 0 Å². The van der Waals surface area contributed by atoms with E-state index in [0.717, 1.165) is 5.69 Å². The Kier molecular flexibility index (Phi) is 3.57. The van der Waals surface area contributed by atoms with Gasteiger partial charge in [-0.15, -0.1) is 0 Å². The summed E-state index contributed by atoms with van der Waals surface area (Å²) in [5.74, 6) is 0.580. The third kappa shape index (κ3) is 3.21. The quantitative estimate of drug-likeness (QED) is 0.887. The molecule has 1 saturated carbocycles. The summed E-state index contributed by atoms with van der Waals surface area (Å²) in [6.07, 6.45) is 2.38. The lowest BCUT2D eigenvalue weighted by Crippen LogP contribution is -2.20. The summed E-state index contributed by atoms with van der Waals surface area (Å²) >= 11 is 0. The number of anilines is 2. The monoisotopic (exact) mass is 277 g/mol. The Morgan fingerprint density at radius 3 is 2.43 bits per heavy atom. The van der Waals surface area contributed by atoms with E-state index >= 15 is 0 Å². The first-order valence-corrected chi connectivity index (χ1v) is 6.93. The van der Waals surface area contributed by atoms with Crippen LogP contribution in [-0.4, -0.2) is 6.03 Å². The molecule has 0 aromatic heterocycles. The Bertz CT molecular complexity index is 697. The van der Waals surface area contributed by atoms with E-state index in [0.29, 0.717) is 17.2 Å². The molecule has 2 aromatic carbocycles. The molecule has 0 unspecified atom stereocenters. The van der Waals surface area contributed by atoms with Gasteiger partial charge in [0.25, 0.3) is 0 Å². The zero-order valence-corrected chi connectivity index (χ0v) is 11.5. The second-order valence-electron chi connectivity index (χ2n) is 5.13. The summed E-state index contributed by atoms with van der Waals surface area (Å²) in [5.41, 5.74) is 3.30. The highest BCUT2D eigenvalue weighted by Crippen LogP contribution is 2.43. The van der Waals surface area contributed by atoms with Crippen molar-refractivity contribution in [2.24, 2.45) is 0 Å². The van der Waals surface area contributed by atoms with E-state index in [9.17, 15) is 4.79 Å². The normalized spacial score (nSPS) is 13.3. The van der Waals surface area contributed by atoms with Crippen molar-refractivity contribution in [3.05, 3.63) is 59.7 Å². The SMILES string of the molecule is N#Cc1ccc(NC(=O)Nc2ccccc2C2CC2)cc1. The Balaban J connectivity index is 1.67. The highest BCUT2D eigenvalue weighted by Gasteiger charge is 2.26. The first-order chi connectivity index (χ1) is 10.3. The van der Waals surface area contributed by atoms with Crippen molar-refractivity contribution in [1.29, 1.82) is 5.26 Å². The van der Waals surface area contributed by atoms with Crippen LogP contribution in [0.3, 0.4) is 0 Å². The van der Waals surface area contributed by atoms with Gasteiger partial charge in [-0.05, 0) is 54.7 Å². The number of carbonyl (C=O) groups excluding carboxylic acids is 1. The van der Waals surface area contributed by atoms with Crippen LogP contribution >= 0.6 is 0 Å². The number of hydrogen-bond donors (Lipinski definition) is 2. The molecule has 0 radical (unpaired) electrons. The summed E-state index contributed by atoms with van der Waals surface area (Å²) in [4.78, 5) is 12.0. The van der Waals surface area contributed by atoms with Crippen molar-refractivity contribution in [3.63, 3.8) is 0 Å². The van der Waals surface area contributed by atoms with Gasteiger partial charge in [0.05, 0.1) is 11.6 Å². The predicted octanol–water partition coefficient (Wildman–Crippen LogP) is 4.08. The molecular formula is C17H15N3O. The average Bonchev–Trinajstić information content (AvgIpc) is 3.33. The van der Waals surface area contributed by atoms with Crippen molar-refractivity contribution in [2.75, 3.05) is 10.6 Å². The molecule has 0 spiro atoms. The standard InChI is InChI=1S/C17H15N3O/c18-11-12-5-9-14(10-6-12)19-17(21)20-16-4-2-1-3-15(16)13-7-8-13/h1-6,9-10,13H,7-8H2,(H2,19,20,21). The lowest BCUT2D eigenvalue weighted by Gasteiger charge is -2.11. The lowest BCUT2D eigenvalue weighted by molar-refractivity contribution is 0.262. The summed E-state index contributed by atoms with van der Waals surface area (Å²) in [6, 6.07) is 16.5. The van der Waals surface area contributed by atoms with Gasteiger partial charge in [-0.25, -0.2) is 4.79 Å². The fraction of sp³-hybridized carbons (Fsp3) is 0.176. The number of para-hydroxylation sites is 1. The fourth-order valence-corrected chi connectivity index (χ4v) is 2.27. The summed E-state index contributed by atoms with van der Waals surface area (Å²) in [7, 11) is 0. The first-order valence-electron chi connectivity index (χ1n) is 6.93. The van der Waals surface area contributed by atoms with Crippen molar-refractivity contribution in [1.82, 2.24) is 0 Å². The molecule has 2 N–H and O–H groups in total. The van der Waals surface area contributed by atoms with E-state index in [4.69, 9.17) is 5.26 Å². The minimum Gasteiger partial charge on any atom is -0.308 e. The van der Waals surface area contributed by atoms with Crippen LogP contribution in [0.1, 0.15) is 29.9 Å². The van der Waals surface area contributed by atoms with Crippen LogP contribution < -0.4 is 10.6 Å². The minimum absolute atomic E-state index is 0.271. The second kappa shape index (κ2) is 5.68. The number of amides is 2. The molecule has 0 aliphatic heterocycles. The zero-order valence-electron chi connectivity index (χ0n) is 11.5. The number of urea groups is 1. The number of nitrogens with one attached hydrogen (secondary N) is 2. The number of carbonyl (C=O) groups is 1. The first kappa shape index (κ1) is 13.2. The highest BCUT2D eigenvalue weighted by atomic mass is 16.2. The molecule has 0 bridgehead atoms. The second-order valence-corrected chi connectivity index (χ2v) is 5.13. The summed E-state index contributed by atoms with van der Waals surface area (Å²) < 4.78 is 0. The van der Waals surface area contributed by atoms with Gasteiger partial charge in [-0.1, -0.05) is 18.2 Å². The van der Waals surface area contributed by atoms with Gasteiger partial charge < -0.3 is 10.6 Å². The van der Waals surface area contributed by atoms with E-state index in [1.165, 1.54) is 18.4 Å². The summed E-state index contributed by atoms with van der Waals surface area (Å²) in [6.45, 7) is 0. The molecular weight excluding hydrogens is 262 g/mol. The van der Waals surface area contributed by atoms with Gasteiger partial charge in [-0.3, -0.25) is 0 Å². The van der Waals surface area contributed by atoms with Crippen molar-refractivity contribution in [3.8, 4) is 6.07 Å². The Hall–Kier alpha value is -2.80. The molecule has 1 aliphatic rings. The molecule has 2 amide bonds. The van der Waals surface area contributed by atoms with Gasteiger partial charge in [0.2, 0.25) is 0 Å². The van der Waals surface area contributed by atoms with Crippen molar-refractivity contribution < 1.29 is 4.79 Å². The zero-order chi connectivity index (χ0) is 14.7. The van der Waals surface area contributed by atoms with Gasteiger partial charge in [0.15, 0.2) is 0 Å². The molecule has 0 heterocycles. The fourth-order valence-electron chi connectivity index (χ4n) is 2.27. The number of nitriles is 1. The maximum atomic E-state index is 12.0. The van der Waals surface area contributed by atoms with Crippen LogP contribution in [0.5, 0.6) is 0 Å². The topological polar surface area (TPSA) is 64.9 Å². The molecule has 1 aliphatic carbocycles. The molecule has 0 saturated heterocycles. The number of hydrogen-bond acceptors (Lipinski definition) is 2. The summed E-state index contributed by atoms with van der Waals surface area (Å²) in [5, 5.41) is 14.4. The van der Waals surface area contributed by atoms with Crippen LogP contribution in [0, 0.1) is 11.3 Å². The van der Waals surface area contributed by atoms with Crippen LogP contribution in [0.15, 0.2) is 48.5 Å². The number of benzene rings is 2. The van der Waals surface area contributed by atoms with Crippen LogP contribution in [0.4, 0.5) is 16.2 Å². The van der Waals surface area contributed by atoms with E-state index in [1.54, 1.807) is 24.3 Å². The third-order valence-corrected chi connectivity index (χ3v) is 3.50. The van der Waals surface area contributed by atoms with Crippen molar-refractivity contribution >= 4 is 17.4 Å². The largest absolute Gasteiger partial charge is 0.323 e. The van der Waals surface area contributed by atoms with E-state index < -0.39 is 0 Å². The highest BCUT2D eigenvalue weighted by molar-refractivity contribution is 6.00. The Morgan fingerprint density at radius 2 is 1.76 bits per heavy atom. The molecule has 3 rings (SSSR count). The third-order valence-electron chi connectivity index (χ3n) is 3.50. The van der Waals surface area contributed by atoms with Crippen molar-refractivity contribution in [2.45, 2.75) is 18.8 Å². The molecule has 4 heteroatoms.